The topological polar surface area (TPSA) is 116 Å². The Morgan fingerprint density at radius 1 is 1.67 bits per heavy atom. The third-order valence-corrected chi connectivity index (χ3v) is 2.04. The Kier molecular flexibility index (Phi) is 2.61. The van der Waals surface area contributed by atoms with Gasteiger partial charge in [-0.1, -0.05) is 0 Å². The number of H-pyrrole nitrogens is 1. The highest BCUT2D eigenvalue weighted by Gasteiger charge is 2.07. The zero-order valence-electron chi connectivity index (χ0n) is 7.25. The van der Waals surface area contributed by atoms with Crippen LogP contribution in [0.25, 0.3) is 0 Å². The molecule has 0 aliphatic rings. The zero-order valence-corrected chi connectivity index (χ0v) is 8.06. The van der Waals surface area contributed by atoms with Crippen molar-refractivity contribution in [2.45, 2.75) is 0 Å². The number of rotatable bonds is 3. The lowest BCUT2D eigenvalue weighted by Crippen LogP contribution is -2.04. The van der Waals surface area contributed by atoms with Crippen LogP contribution >= 0.6 is 11.3 Å². The SMILES string of the molecule is N#C/C(=N/Nc1nccs1)c1nn[nH]n1. The first-order valence-corrected chi connectivity index (χ1v) is 4.65. The van der Waals surface area contributed by atoms with Crippen LogP contribution in [0.2, 0.25) is 0 Å². The maximum Gasteiger partial charge on any atom is 0.235 e. The standard InChI is InChI=1S/C6H4N8S/c7-3-4(5-10-13-14-11-5)9-12-6-8-1-2-15-6/h1-2H,(H,8,12)(H,10,11,13,14)/b9-4-. The van der Waals surface area contributed by atoms with Gasteiger partial charge in [0.25, 0.3) is 0 Å². The molecule has 0 aromatic carbocycles. The molecule has 2 rings (SSSR count). The summed E-state index contributed by atoms with van der Waals surface area (Å²) in [6, 6.07) is 1.85. The van der Waals surface area contributed by atoms with E-state index in [2.05, 4.69) is 36.1 Å². The van der Waals surface area contributed by atoms with Gasteiger partial charge in [-0.05, 0) is 5.21 Å². The first-order valence-electron chi connectivity index (χ1n) is 3.77. The lowest BCUT2D eigenvalue weighted by Gasteiger charge is -1.92. The molecule has 0 saturated carbocycles. The fourth-order valence-electron chi connectivity index (χ4n) is 0.769. The maximum absolute atomic E-state index is 8.77. The highest BCUT2D eigenvalue weighted by molar-refractivity contribution is 7.13. The number of anilines is 1. The van der Waals surface area contributed by atoms with Crippen LogP contribution in [-0.4, -0.2) is 31.3 Å². The van der Waals surface area contributed by atoms with Crippen molar-refractivity contribution < 1.29 is 0 Å². The first kappa shape index (κ1) is 9.22. The van der Waals surface area contributed by atoms with E-state index in [4.69, 9.17) is 5.26 Å². The van der Waals surface area contributed by atoms with Gasteiger partial charge in [-0.3, -0.25) is 5.43 Å². The number of nitrogens with one attached hydrogen (secondary N) is 2. The number of hydrogen-bond acceptors (Lipinski definition) is 8. The Morgan fingerprint density at radius 2 is 2.60 bits per heavy atom. The maximum atomic E-state index is 8.77. The van der Waals surface area contributed by atoms with Gasteiger partial charge in [0.1, 0.15) is 6.07 Å². The van der Waals surface area contributed by atoms with Gasteiger partial charge >= 0.3 is 0 Å². The lowest BCUT2D eigenvalue weighted by molar-refractivity contribution is 0.881. The van der Waals surface area contributed by atoms with Crippen molar-refractivity contribution in [3.63, 3.8) is 0 Å². The molecule has 15 heavy (non-hydrogen) atoms. The summed E-state index contributed by atoms with van der Waals surface area (Å²) >= 11 is 1.37. The van der Waals surface area contributed by atoms with Gasteiger partial charge in [-0.15, -0.1) is 21.5 Å². The molecule has 9 heteroatoms. The number of nitrogens with zero attached hydrogens (tertiary/aromatic N) is 6. The van der Waals surface area contributed by atoms with Crippen LogP contribution in [0, 0.1) is 11.3 Å². The van der Waals surface area contributed by atoms with E-state index in [9.17, 15) is 0 Å². The quantitative estimate of drug-likeness (QED) is 0.555. The molecule has 0 saturated heterocycles. The third-order valence-electron chi connectivity index (χ3n) is 1.36. The van der Waals surface area contributed by atoms with Crippen molar-refractivity contribution in [1.29, 1.82) is 5.26 Å². The average Bonchev–Trinajstić information content (AvgIpc) is 2.90. The van der Waals surface area contributed by atoms with Gasteiger partial charge in [0.15, 0.2) is 0 Å². The molecule has 8 nitrogen and oxygen atoms in total. The Balaban J connectivity index is 2.15. The van der Waals surface area contributed by atoms with Gasteiger partial charge in [0.2, 0.25) is 16.7 Å². The van der Waals surface area contributed by atoms with Gasteiger partial charge in [-0.25, -0.2) is 4.98 Å². The minimum absolute atomic E-state index is 0.0407. The predicted octanol–water partition coefficient (Wildman–Crippen LogP) is -0.00402. The summed E-state index contributed by atoms with van der Waals surface area (Å²) in [4.78, 5) is 3.93. The van der Waals surface area contributed by atoms with Crippen molar-refractivity contribution in [2.75, 3.05) is 5.43 Å². The summed E-state index contributed by atoms with van der Waals surface area (Å²) in [5, 5.41) is 27.8. The zero-order chi connectivity index (χ0) is 10.5. The monoisotopic (exact) mass is 220 g/mol. The van der Waals surface area contributed by atoms with Gasteiger partial charge in [0, 0.05) is 11.6 Å². The van der Waals surface area contributed by atoms with E-state index in [-0.39, 0.29) is 11.5 Å². The Hall–Kier alpha value is -2.34. The van der Waals surface area contributed by atoms with Crippen LogP contribution in [-0.2, 0) is 0 Å². The predicted molar refractivity (Wildman–Crippen MR) is 52.1 cm³/mol. The Bertz CT molecular complexity index is 478. The second-order valence-corrected chi connectivity index (χ2v) is 3.15. The summed E-state index contributed by atoms with van der Waals surface area (Å²) in [6.07, 6.45) is 1.63. The summed E-state index contributed by atoms with van der Waals surface area (Å²) < 4.78 is 0. The molecule has 2 N–H and O–H groups in total. The first-order chi connectivity index (χ1) is 7.40. The molecule has 74 valence electrons. The van der Waals surface area contributed by atoms with E-state index in [0.717, 1.165) is 0 Å². The van der Waals surface area contributed by atoms with E-state index < -0.39 is 0 Å². The minimum atomic E-state index is 0.0407. The molecule has 0 fully saturated rings. The van der Waals surface area contributed by atoms with Gasteiger partial charge in [-0.2, -0.15) is 15.6 Å². The van der Waals surface area contributed by atoms with E-state index in [1.165, 1.54) is 11.3 Å². The molecule has 0 unspecified atom stereocenters. The summed E-state index contributed by atoms with van der Waals surface area (Å²) in [6.45, 7) is 0. The molecule has 2 aromatic rings. The number of nitriles is 1. The number of hydrogen-bond donors (Lipinski definition) is 2. The highest BCUT2D eigenvalue weighted by Crippen LogP contribution is 2.09. The molecule has 0 radical (unpaired) electrons. The second-order valence-electron chi connectivity index (χ2n) is 2.26. The molecule has 0 amide bonds. The number of thiazole rings is 1. The molecule has 0 spiro atoms. The summed E-state index contributed by atoms with van der Waals surface area (Å²) in [5.74, 6) is 0.140. The number of tetrazole rings is 1. The van der Waals surface area contributed by atoms with Gasteiger partial charge in [0.05, 0.1) is 0 Å². The van der Waals surface area contributed by atoms with Crippen molar-refractivity contribution >= 4 is 22.2 Å². The van der Waals surface area contributed by atoms with Gasteiger partial charge < -0.3 is 0 Å². The van der Waals surface area contributed by atoms with Crippen LogP contribution in [0.4, 0.5) is 5.13 Å². The summed E-state index contributed by atoms with van der Waals surface area (Å²) in [5.41, 5.74) is 2.66. The van der Waals surface area contributed by atoms with Crippen molar-refractivity contribution in [1.82, 2.24) is 25.6 Å². The number of aromatic amines is 1. The molecule has 0 aliphatic carbocycles. The second kappa shape index (κ2) is 4.25. The van der Waals surface area contributed by atoms with Crippen LogP contribution < -0.4 is 5.43 Å². The van der Waals surface area contributed by atoms with Crippen molar-refractivity contribution in [3.8, 4) is 6.07 Å². The largest absolute Gasteiger partial charge is 0.251 e. The molecular weight excluding hydrogens is 216 g/mol. The number of aromatic nitrogens is 5. The molecule has 0 aliphatic heterocycles. The lowest BCUT2D eigenvalue weighted by atomic mass is 10.4. The van der Waals surface area contributed by atoms with Crippen LogP contribution in [0.1, 0.15) is 5.82 Å². The minimum Gasteiger partial charge on any atom is -0.251 e. The number of hydrazone groups is 1. The van der Waals surface area contributed by atoms with E-state index >= 15 is 0 Å². The van der Waals surface area contributed by atoms with Crippen molar-refractivity contribution in [2.24, 2.45) is 5.10 Å². The molecular formula is C6H4N8S. The fourth-order valence-corrected chi connectivity index (χ4v) is 1.24. The molecule has 2 heterocycles. The van der Waals surface area contributed by atoms with E-state index in [0.29, 0.717) is 5.13 Å². The highest BCUT2D eigenvalue weighted by atomic mass is 32.1. The van der Waals surface area contributed by atoms with Crippen LogP contribution in [0.5, 0.6) is 0 Å². The van der Waals surface area contributed by atoms with Crippen LogP contribution in [0.15, 0.2) is 16.7 Å². The molecule has 0 bridgehead atoms. The normalized spacial score (nSPS) is 11.0. The van der Waals surface area contributed by atoms with Crippen LogP contribution in [0.3, 0.4) is 0 Å². The average molecular weight is 220 g/mol. The van der Waals surface area contributed by atoms with E-state index in [1.54, 1.807) is 11.6 Å². The van der Waals surface area contributed by atoms with E-state index in [1.807, 2.05) is 6.07 Å². The molecule has 0 atom stereocenters. The smallest absolute Gasteiger partial charge is 0.235 e. The Labute approximate surface area is 87.7 Å². The third kappa shape index (κ3) is 2.12. The molecule has 2 aromatic heterocycles. The fraction of sp³-hybridized carbons (Fsp3) is 0. The Morgan fingerprint density at radius 3 is 3.20 bits per heavy atom. The van der Waals surface area contributed by atoms with Crippen molar-refractivity contribution in [3.05, 3.63) is 17.4 Å². The summed E-state index contributed by atoms with van der Waals surface area (Å²) in [7, 11) is 0.